The molecule has 0 unspecified atom stereocenters. The summed E-state index contributed by atoms with van der Waals surface area (Å²) < 4.78 is 61.8. The second-order valence-electron chi connectivity index (χ2n) is 6.16. The number of benzene rings is 3. The highest BCUT2D eigenvalue weighted by Crippen LogP contribution is 2.35. The lowest BCUT2D eigenvalue weighted by atomic mass is 10.00. The van der Waals surface area contributed by atoms with Crippen molar-refractivity contribution in [2.75, 3.05) is 6.61 Å². The number of ether oxygens (including phenoxy) is 1. The number of rotatable bonds is 4. The molecule has 0 heterocycles. The van der Waals surface area contributed by atoms with Gasteiger partial charge in [-0.15, -0.1) is 0 Å². The molecular weight excluding hydrogens is 320 g/mol. The molecule has 0 aliphatic rings. The van der Waals surface area contributed by atoms with Crippen molar-refractivity contribution in [3.8, 4) is 5.75 Å². The molecule has 0 N–H and O–H groups in total. The van der Waals surface area contributed by atoms with Gasteiger partial charge in [-0.3, -0.25) is 0 Å². The highest BCUT2D eigenvalue weighted by atomic mass is 19.2. The zero-order chi connectivity index (χ0) is 17.4. The zero-order valence-corrected chi connectivity index (χ0v) is 13.3. The first-order chi connectivity index (χ1) is 11.4. The molecule has 0 radical (unpaired) electrons. The highest BCUT2D eigenvalue weighted by Gasteiger charge is 2.20. The van der Waals surface area contributed by atoms with Gasteiger partial charge in [0.05, 0.1) is 6.61 Å². The van der Waals surface area contributed by atoms with Crippen molar-refractivity contribution in [1.82, 2.24) is 0 Å². The fourth-order valence-corrected chi connectivity index (χ4v) is 2.65. The first-order valence-electron chi connectivity index (χ1n) is 7.71. The number of hydrogen-bond acceptors (Lipinski definition) is 1. The van der Waals surface area contributed by atoms with Crippen LogP contribution in [0, 0.1) is 29.2 Å². The van der Waals surface area contributed by atoms with E-state index < -0.39 is 23.3 Å². The molecule has 0 bridgehead atoms. The van der Waals surface area contributed by atoms with E-state index in [0.717, 1.165) is 6.07 Å². The topological polar surface area (TPSA) is 9.23 Å². The summed E-state index contributed by atoms with van der Waals surface area (Å²) in [6.07, 6.45) is 0.691. The standard InChI is InChI=1S/C19H16F4O/c1-10(2)7-8-24-14-9-12-4-3-11-5-6-13(20)17(21)15(11)16(12)19(23)18(14)22/h3-6,9-10H,7-8H2,1-2H3. The lowest BCUT2D eigenvalue weighted by molar-refractivity contribution is 0.273. The van der Waals surface area contributed by atoms with Gasteiger partial charge in [0, 0.05) is 10.8 Å². The van der Waals surface area contributed by atoms with E-state index in [1.54, 1.807) is 0 Å². The second kappa shape index (κ2) is 6.30. The molecule has 3 rings (SSSR count). The van der Waals surface area contributed by atoms with Gasteiger partial charge in [-0.05, 0) is 35.2 Å². The van der Waals surface area contributed by atoms with E-state index in [1.165, 1.54) is 24.3 Å². The Hall–Kier alpha value is -2.30. The van der Waals surface area contributed by atoms with Crippen molar-refractivity contribution >= 4 is 21.5 Å². The third-order valence-corrected chi connectivity index (χ3v) is 3.98. The average molecular weight is 336 g/mol. The Bertz CT molecular complexity index is 919. The van der Waals surface area contributed by atoms with Gasteiger partial charge in [-0.25, -0.2) is 13.2 Å². The molecule has 0 fully saturated rings. The smallest absolute Gasteiger partial charge is 0.201 e. The maximum absolute atomic E-state index is 14.5. The van der Waals surface area contributed by atoms with Crippen LogP contribution in [0.3, 0.4) is 0 Å². The minimum atomic E-state index is -1.23. The molecule has 3 aromatic rings. The SMILES string of the molecule is CC(C)CCOc1cc2ccc3ccc(F)c(F)c3c2c(F)c1F. The summed E-state index contributed by atoms with van der Waals surface area (Å²) in [5.41, 5.74) is 0. The van der Waals surface area contributed by atoms with Crippen molar-refractivity contribution in [3.63, 3.8) is 0 Å². The van der Waals surface area contributed by atoms with E-state index in [-0.39, 0.29) is 28.5 Å². The first kappa shape index (κ1) is 16.6. The fourth-order valence-electron chi connectivity index (χ4n) is 2.65. The van der Waals surface area contributed by atoms with Crippen LogP contribution in [0.1, 0.15) is 20.3 Å². The quantitative estimate of drug-likeness (QED) is 0.421. The van der Waals surface area contributed by atoms with Crippen LogP contribution in [0.25, 0.3) is 21.5 Å². The summed E-state index contributed by atoms with van der Waals surface area (Å²) in [6, 6.07) is 6.68. The molecular formula is C19H16F4O. The molecule has 0 saturated heterocycles. The largest absolute Gasteiger partial charge is 0.490 e. The molecule has 0 aromatic heterocycles. The lowest BCUT2D eigenvalue weighted by Gasteiger charge is -2.13. The normalized spacial score (nSPS) is 11.6. The summed E-state index contributed by atoms with van der Waals surface area (Å²) >= 11 is 0. The van der Waals surface area contributed by atoms with Crippen LogP contribution in [0.15, 0.2) is 30.3 Å². The third kappa shape index (κ3) is 2.79. The average Bonchev–Trinajstić information content (AvgIpc) is 2.54. The predicted octanol–water partition coefficient (Wildman–Crippen LogP) is 5.97. The maximum Gasteiger partial charge on any atom is 0.201 e. The van der Waals surface area contributed by atoms with Crippen molar-refractivity contribution in [2.24, 2.45) is 5.92 Å². The molecule has 0 saturated carbocycles. The van der Waals surface area contributed by atoms with E-state index >= 15 is 0 Å². The van der Waals surface area contributed by atoms with E-state index in [0.29, 0.717) is 17.7 Å². The van der Waals surface area contributed by atoms with Crippen molar-refractivity contribution < 1.29 is 22.3 Å². The number of hydrogen-bond donors (Lipinski definition) is 0. The van der Waals surface area contributed by atoms with Crippen LogP contribution in [0.2, 0.25) is 0 Å². The summed E-state index contributed by atoms with van der Waals surface area (Å²) in [5.74, 6) is -4.59. The van der Waals surface area contributed by atoms with Crippen LogP contribution in [-0.4, -0.2) is 6.61 Å². The Morgan fingerprint density at radius 1 is 0.833 bits per heavy atom. The van der Waals surface area contributed by atoms with Crippen molar-refractivity contribution in [1.29, 1.82) is 0 Å². The van der Waals surface area contributed by atoms with E-state index in [2.05, 4.69) is 0 Å². The molecule has 24 heavy (non-hydrogen) atoms. The van der Waals surface area contributed by atoms with Crippen LogP contribution in [0.5, 0.6) is 5.75 Å². The maximum atomic E-state index is 14.5. The van der Waals surface area contributed by atoms with Gasteiger partial charge in [0.25, 0.3) is 0 Å². The summed E-state index contributed by atoms with van der Waals surface area (Å²) in [4.78, 5) is 0. The second-order valence-corrected chi connectivity index (χ2v) is 6.16. The van der Waals surface area contributed by atoms with Crippen molar-refractivity contribution in [3.05, 3.63) is 53.6 Å². The van der Waals surface area contributed by atoms with E-state index in [1.807, 2.05) is 13.8 Å². The Morgan fingerprint density at radius 3 is 2.17 bits per heavy atom. The van der Waals surface area contributed by atoms with Crippen LogP contribution in [0.4, 0.5) is 17.6 Å². The Labute approximate surface area is 136 Å². The highest BCUT2D eigenvalue weighted by molar-refractivity contribution is 6.08. The van der Waals surface area contributed by atoms with Gasteiger partial charge in [-0.2, -0.15) is 4.39 Å². The number of fused-ring (bicyclic) bond motifs is 3. The van der Waals surface area contributed by atoms with Crippen LogP contribution in [-0.2, 0) is 0 Å². The molecule has 0 aliphatic heterocycles. The molecule has 0 amide bonds. The van der Waals surface area contributed by atoms with Gasteiger partial charge in [0.1, 0.15) is 0 Å². The van der Waals surface area contributed by atoms with Gasteiger partial charge in [0.2, 0.25) is 5.82 Å². The third-order valence-electron chi connectivity index (χ3n) is 3.98. The summed E-state index contributed by atoms with van der Waals surface area (Å²) in [6.45, 7) is 4.23. The summed E-state index contributed by atoms with van der Waals surface area (Å²) in [7, 11) is 0. The zero-order valence-electron chi connectivity index (χ0n) is 13.3. The molecule has 5 heteroatoms. The summed E-state index contributed by atoms with van der Waals surface area (Å²) in [5, 5.41) is 0.00876. The molecule has 126 valence electrons. The van der Waals surface area contributed by atoms with Crippen molar-refractivity contribution in [2.45, 2.75) is 20.3 Å². The van der Waals surface area contributed by atoms with E-state index in [9.17, 15) is 17.6 Å². The monoisotopic (exact) mass is 336 g/mol. The van der Waals surface area contributed by atoms with Gasteiger partial charge >= 0.3 is 0 Å². The molecule has 3 aromatic carbocycles. The predicted molar refractivity (Wildman–Crippen MR) is 86.2 cm³/mol. The first-order valence-corrected chi connectivity index (χ1v) is 7.71. The minimum Gasteiger partial charge on any atom is -0.490 e. The molecule has 0 atom stereocenters. The Morgan fingerprint density at radius 2 is 1.46 bits per heavy atom. The lowest BCUT2D eigenvalue weighted by Crippen LogP contribution is -2.04. The van der Waals surface area contributed by atoms with Crippen LogP contribution < -0.4 is 4.74 Å². The van der Waals surface area contributed by atoms with Gasteiger partial charge in [-0.1, -0.05) is 32.0 Å². The van der Waals surface area contributed by atoms with Gasteiger partial charge < -0.3 is 4.74 Å². The number of halogens is 4. The van der Waals surface area contributed by atoms with E-state index in [4.69, 9.17) is 4.74 Å². The van der Waals surface area contributed by atoms with Gasteiger partial charge in [0.15, 0.2) is 23.2 Å². The molecule has 0 aliphatic carbocycles. The Kier molecular flexibility index (Phi) is 4.35. The van der Waals surface area contributed by atoms with Crippen LogP contribution >= 0.6 is 0 Å². The fraction of sp³-hybridized carbons (Fsp3) is 0.263. The molecule has 0 spiro atoms. The Balaban J connectivity index is 2.20. The minimum absolute atomic E-state index is 0.225. The molecule has 1 nitrogen and oxygen atoms in total.